The molecular weight excluding hydrogens is 360 g/mol. The number of phenols is 1. The lowest BCUT2D eigenvalue weighted by Gasteiger charge is -2.33. The molecule has 2 aromatic heterocycles. The highest BCUT2D eigenvalue weighted by Gasteiger charge is 2.28. The number of carbonyl (C=O) groups is 1. The van der Waals surface area contributed by atoms with Gasteiger partial charge in [0.1, 0.15) is 11.6 Å². The SMILES string of the molecule is Cc1cc(C(=O)N2CCC[C@@H](c3nccn3Cc3cscn3)C2)ccc1O. The zero-order valence-corrected chi connectivity index (χ0v) is 16.0. The molecule has 6 nitrogen and oxygen atoms in total. The minimum absolute atomic E-state index is 0.0143. The summed E-state index contributed by atoms with van der Waals surface area (Å²) in [6.45, 7) is 3.93. The summed E-state index contributed by atoms with van der Waals surface area (Å²) in [4.78, 5) is 23.8. The van der Waals surface area contributed by atoms with Crippen LogP contribution in [0.25, 0.3) is 0 Å². The van der Waals surface area contributed by atoms with Crippen LogP contribution >= 0.6 is 11.3 Å². The topological polar surface area (TPSA) is 71.2 Å². The summed E-state index contributed by atoms with van der Waals surface area (Å²) in [5.41, 5.74) is 4.21. The van der Waals surface area contributed by atoms with Gasteiger partial charge in [-0.25, -0.2) is 9.97 Å². The average molecular weight is 382 g/mol. The number of thiazole rings is 1. The highest BCUT2D eigenvalue weighted by molar-refractivity contribution is 7.07. The lowest BCUT2D eigenvalue weighted by atomic mass is 9.96. The Bertz CT molecular complexity index is 935. The second-order valence-corrected chi connectivity index (χ2v) is 7.70. The molecule has 3 aromatic rings. The van der Waals surface area contributed by atoms with Crippen LogP contribution in [0.5, 0.6) is 5.75 Å². The summed E-state index contributed by atoms with van der Waals surface area (Å²) in [7, 11) is 0. The van der Waals surface area contributed by atoms with Crippen molar-refractivity contribution >= 4 is 17.2 Å². The maximum atomic E-state index is 12.9. The van der Waals surface area contributed by atoms with E-state index in [2.05, 4.69) is 14.5 Å². The van der Waals surface area contributed by atoms with Gasteiger partial charge < -0.3 is 14.6 Å². The van der Waals surface area contributed by atoms with Crippen LogP contribution in [0.3, 0.4) is 0 Å². The van der Waals surface area contributed by atoms with Crippen molar-refractivity contribution in [3.63, 3.8) is 0 Å². The van der Waals surface area contributed by atoms with Crippen LogP contribution < -0.4 is 0 Å². The molecule has 0 spiro atoms. The number of rotatable bonds is 4. The molecule has 0 aliphatic carbocycles. The first kappa shape index (κ1) is 17.7. The van der Waals surface area contributed by atoms with Crippen LogP contribution in [0.1, 0.15) is 46.2 Å². The standard InChI is InChI=1S/C20H22N4O2S/c1-14-9-15(4-5-18(14)25)20(26)24-7-2-3-16(10-24)19-21-6-8-23(19)11-17-12-27-13-22-17/h4-6,8-9,12-13,16,25H,2-3,7,10-11H2,1H3/t16-/m1/s1. The number of hydrogen-bond donors (Lipinski definition) is 1. The van der Waals surface area contributed by atoms with Gasteiger partial charge in [-0.3, -0.25) is 4.79 Å². The summed E-state index contributed by atoms with van der Waals surface area (Å²) in [5, 5.41) is 11.7. The quantitative estimate of drug-likeness (QED) is 0.750. The van der Waals surface area contributed by atoms with E-state index in [0.29, 0.717) is 24.2 Å². The van der Waals surface area contributed by atoms with Crippen molar-refractivity contribution in [3.8, 4) is 5.75 Å². The van der Waals surface area contributed by atoms with Crippen LogP contribution in [0, 0.1) is 6.92 Å². The van der Waals surface area contributed by atoms with Gasteiger partial charge in [-0.1, -0.05) is 0 Å². The molecule has 4 rings (SSSR count). The van der Waals surface area contributed by atoms with Crippen LogP contribution in [-0.4, -0.2) is 43.5 Å². The van der Waals surface area contributed by atoms with E-state index in [1.54, 1.807) is 36.5 Å². The van der Waals surface area contributed by atoms with Gasteiger partial charge in [-0.15, -0.1) is 11.3 Å². The first-order valence-corrected chi connectivity index (χ1v) is 10.0. The van der Waals surface area contributed by atoms with Crippen LogP contribution in [0.2, 0.25) is 0 Å². The predicted octanol–water partition coefficient (Wildman–Crippen LogP) is 3.42. The number of piperidine rings is 1. The Hall–Kier alpha value is -2.67. The number of amides is 1. The molecule has 0 unspecified atom stereocenters. The van der Waals surface area contributed by atoms with Crippen molar-refractivity contribution < 1.29 is 9.90 Å². The van der Waals surface area contributed by atoms with E-state index >= 15 is 0 Å². The average Bonchev–Trinajstić information content (AvgIpc) is 3.36. The number of phenolic OH excluding ortho intramolecular Hbond substituents is 1. The van der Waals surface area contributed by atoms with Crippen LogP contribution in [0.15, 0.2) is 41.5 Å². The van der Waals surface area contributed by atoms with Crippen molar-refractivity contribution in [2.24, 2.45) is 0 Å². The van der Waals surface area contributed by atoms with Crippen molar-refractivity contribution in [1.29, 1.82) is 0 Å². The highest BCUT2D eigenvalue weighted by Crippen LogP contribution is 2.28. The van der Waals surface area contributed by atoms with Gasteiger partial charge in [-0.2, -0.15) is 0 Å². The van der Waals surface area contributed by atoms with Gasteiger partial charge in [0.2, 0.25) is 0 Å². The Labute approximate surface area is 162 Å². The second-order valence-electron chi connectivity index (χ2n) is 6.98. The van der Waals surface area contributed by atoms with E-state index in [9.17, 15) is 9.90 Å². The molecule has 140 valence electrons. The molecule has 1 amide bonds. The zero-order chi connectivity index (χ0) is 18.8. The third-order valence-corrected chi connectivity index (χ3v) is 5.72. The van der Waals surface area contributed by atoms with E-state index < -0.39 is 0 Å². The molecule has 1 saturated heterocycles. The maximum absolute atomic E-state index is 12.9. The molecule has 27 heavy (non-hydrogen) atoms. The molecule has 1 aliphatic heterocycles. The number of imidazole rings is 1. The molecule has 1 N–H and O–H groups in total. The molecular formula is C20H22N4O2S. The number of likely N-dealkylation sites (tertiary alicyclic amines) is 1. The Kier molecular flexibility index (Phi) is 4.94. The first-order valence-electron chi connectivity index (χ1n) is 9.09. The fraction of sp³-hybridized carbons (Fsp3) is 0.350. The summed E-state index contributed by atoms with van der Waals surface area (Å²) in [5.74, 6) is 1.46. The molecule has 0 radical (unpaired) electrons. The van der Waals surface area contributed by atoms with Gasteiger partial charge in [0, 0.05) is 42.3 Å². The Morgan fingerprint density at radius 2 is 2.26 bits per heavy atom. The lowest BCUT2D eigenvalue weighted by Crippen LogP contribution is -2.39. The summed E-state index contributed by atoms with van der Waals surface area (Å²) in [6, 6.07) is 5.03. The Morgan fingerprint density at radius 3 is 3.04 bits per heavy atom. The zero-order valence-electron chi connectivity index (χ0n) is 15.2. The minimum atomic E-state index is 0.0143. The van der Waals surface area contributed by atoms with Gasteiger partial charge in [-0.05, 0) is 43.5 Å². The number of aromatic nitrogens is 3. The maximum Gasteiger partial charge on any atom is 0.253 e. The molecule has 0 saturated carbocycles. The number of aromatic hydroxyl groups is 1. The van der Waals surface area contributed by atoms with Crippen LogP contribution in [0.4, 0.5) is 0 Å². The van der Waals surface area contributed by atoms with E-state index in [4.69, 9.17) is 0 Å². The van der Waals surface area contributed by atoms with Gasteiger partial charge >= 0.3 is 0 Å². The normalized spacial score (nSPS) is 17.2. The predicted molar refractivity (Wildman–Crippen MR) is 104 cm³/mol. The third-order valence-electron chi connectivity index (χ3n) is 5.08. The fourth-order valence-electron chi connectivity index (χ4n) is 3.65. The largest absolute Gasteiger partial charge is 0.508 e. The van der Waals surface area contributed by atoms with Crippen molar-refractivity contribution in [1.82, 2.24) is 19.4 Å². The lowest BCUT2D eigenvalue weighted by molar-refractivity contribution is 0.0703. The summed E-state index contributed by atoms with van der Waals surface area (Å²) >= 11 is 1.59. The molecule has 3 heterocycles. The van der Waals surface area contributed by atoms with Crippen molar-refractivity contribution in [3.05, 3.63) is 64.1 Å². The van der Waals surface area contributed by atoms with E-state index in [-0.39, 0.29) is 17.6 Å². The monoisotopic (exact) mass is 382 g/mol. The number of carbonyl (C=O) groups excluding carboxylic acids is 1. The molecule has 1 atom stereocenters. The molecule has 1 fully saturated rings. The summed E-state index contributed by atoms with van der Waals surface area (Å²) in [6.07, 6.45) is 5.79. The summed E-state index contributed by atoms with van der Waals surface area (Å²) < 4.78 is 2.14. The van der Waals surface area contributed by atoms with Gasteiger partial charge in [0.25, 0.3) is 5.91 Å². The molecule has 1 aromatic carbocycles. The van der Waals surface area contributed by atoms with Gasteiger partial charge in [0.05, 0.1) is 17.7 Å². The van der Waals surface area contributed by atoms with Crippen molar-refractivity contribution in [2.45, 2.75) is 32.2 Å². The van der Waals surface area contributed by atoms with E-state index in [1.165, 1.54) is 0 Å². The molecule has 1 aliphatic rings. The Morgan fingerprint density at radius 1 is 1.37 bits per heavy atom. The van der Waals surface area contributed by atoms with Crippen molar-refractivity contribution in [2.75, 3.05) is 13.1 Å². The number of hydrogen-bond acceptors (Lipinski definition) is 5. The van der Waals surface area contributed by atoms with E-state index in [0.717, 1.165) is 30.9 Å². The molecule has 0 bridgehead atoms. The molecule has 7 heteroatoms. The third kappa shape index (κ3) is 3.73. The smallest absolute Gasteiger partial charge is 0.253 e. The number of nitrogens with zero attached hydrogens (tertiary/aromatic N) is 4. The first-order chi connectivity index (χ1) is 13.1. The van der Waals surface area contributed by atoms with Gasteiger partial charge in [0.15, 0.2) is 0 Å². The minimum Gasteiger partial charge on any atom is -0.508 e. The Balaban J connectivity index is 1.51. The van der Waals surface area contributed by atoms with Crippen LogP contribution in [-0.2, 0) is 6.54 Å². The second kappa shape index (κ2) is 7.52. The number of aryl methyl sites for hydroxylation is 1. The van der Waals surface area contributed by atoms with E-state index in [1.807, 2.05) is 28.2 Å². The fourth-order valence-corrected chi connectivity index (χ4v) is 4.20. The number of benzene rings is 1. The highest BCUT2D eigenvalue weighted by atomic mass is 32.1.